The van der Waals surface area contributed by atoms with E-state index in [0.717, 1.165) is 0 Å². The summed E-state index contributed by atoms with van der Waals surface area (Å²) in [7, 11) is 0. The molecule has 10 heteroatoms. The molecular formula is C6H20N4O6. The van der Waals surface area contributed by atoms with Gasteiger partial charge in [-0.3, -0.25) is 0 Å². The minimum Gasteiger partial charge on any atom is -0.447 e. The maximum Gasteiger partial charge on any atom is 0.404 e. The Labute approximate surface area is 92.6 Å². The van der Waals surface area contributed by atoms with Crippen LogP contribution >= 0.6 is 0 Å². The highest BCUT2D eigenvalue weighted by molar-refractivity contribution is 5.69. The van der Waals surface area contributed by atoms with Crippen LogP contribution in [-0.2, 0) is 4.74 Å². The lowest BCUT2D eigenvalue weighted by molar-refractivity contribution is 0.127. The molecule has 0 saturated carbocycles. The van der Waals surface area contributed by atoms with Gasteiger partial charge in [0.05, 0.1) is 19.8 Å². The molecule has 0 aliphatic carbocycles. The van der Waals surface area contributed by atoms with E-state index >= 15 is 0 Å². The summed E-state index contributed by atoms with van der Waals surface area (Å²) in [5.41, 5.74) is 13.0. The zero-order chi connectivity index (χ0) is 12.7. The van der Waals surface area contributed by atoms with Crippen LogP contribution in [0, 0.1) is 0 Å². The Morgan fingerprint density at radius 1 is 0.938 bits per heavy atom. The molecule has 3 amide bonds. The number of amides is 3. The van der Waals surface area contributed by atoms with Crippen LogP contribution in [0.1, 0.15) is 0 Å². The van der Waals surface area contributed by atoms with Crippen LogP contribution in [0.15, 0.2) is 0 Å². The molecule has 0 fully saturated rings. The first kappa shape index (κ1) is 23.9. The van der Waals surface area contributed by atoms with E-state index in [0.29, 0.717) is 0 Å². The first-order valence-electron chi connectivity index (χ1n) is 3.72. The van der Waals surface area contributed by atoms with Gasteiger partial charge in [0, 0.05) is 0 Å². The summed E-state index contributed by atoms with van der Waals surface area (Å²) in [6, 6.07) is -0.833. The molecule has 0 aromatic carbocycles. The molecule has 0 aromatic heterocycles. The largest absolute Gasteiger partial charge is 0.447 e. The number of rotatable bonds is 3. The molecule has 16 heavy (non-hydrogen) atoms. The average molecular weight is 244 g/mol. The van der Waals surface area contributed by atoms with Gasteiger partial charge in [0.15, 0.2) is 0 Å². The van der Waals surface area contributed by atoms with Crippen molar-refractivity contribution in [2.75, 3.05) is 26.4 Å². The molecule has 0 heterocycles. The number of hydrogen-bond acceptors (Lipinski definition) is 7. The molecule has 0 unspecified atom stereocenters. The van der Waals surface area contributed by atoms with E-state index in [9.17, 15) is 4.79 Å². The lowest BCUT2D eigenvalue weighted by atomic mass is 10.8. The van der Waals surface area contributed by atoms with E-state index in [4.69, 9.17) is 20.1 Å². The smallest absolute Gasteiger partial charge is 0.404 e. The number of carbonyl (C=O) groups is 2. The van der Waals surface area contributed by atoms with Gasteiger partial charge in [0.2, 0.25) is 0 Å². The Morgan fingerprint density at radius 3 is 1.31 bits per heavy atom. The Morgan fingerprint density at radius 2 is 1.25 bits per heavy atom. The lowest BCUT2D eigenvalue weighted by Crippen LogP contribution is -2.18. The van der Waals surface area contributed by atoms with Gasteiger partial charge < -0.3 is 43.4 Å². The molecule has 0 atom stereocenters. The van der Waals surface area contributed by atoms with Crippen molar-refractivity contribution in [3.63, 3.8) is 0 Å². The van der Waals surface area contributed by atoms with Crippen LogP contribution in [0.5, 0.6) is 0 Å². The predicted molar refractivity (Wildman–Crippen MR) is 55.6 cm³/mol. The van der Waals surface area contributed by atoms with Crippen molar-refractivity contribution in [3.05, 3.63) is 0 Å². The molecule has 0 spiro atoms. The monoisotopic (exact) mass is 244 g/mol. The molecule has 0 aromatic rings. The van der Waals surface area contributed by atoms with E-state index < -0.39 is 12.1 Å². The third-order valence-electron chi connectivity index (χ3n) is 0.436. The van der Waals surface area contributed by atoms with Gasteiger partial charge >= 0.3 is 12.1 Å². The number of aliphatic hydroxyl groups excluding tert-OH is 3. The maximum atomic E-state index is 9.65. The summed E-state index contributed by atoms with van der Waals surface area (Å²) in [6.45, 7) is -0.446. The van der Waals surface area contributed by atoms with Crippen molar-refractivity contribution in [2.24, 2.45) is 17.2 Å². The van der Waals surface area contributed by atoms with Crippen molar-refractivity contribution < 1.29 is 29.6 Å². The highest BCUT2D eigenvalue weighted by Crippen LogP contribution is 1.67. The Balaban J connectivity index is -0.0000000700. The first-order valence-corrected chi connectivity index (χ1v) is 3.72. The molecular weight excluding hydrogens is 224 g/mol. The molecule has 0 saturated heterocycles. The minimum atomic E-state index is -0.853. The second-order valence-corrected chi connectivity index (χ2v) is 1.74. The molecule has 10 nitrogen and oxygen atoms in total. The lowest BCUT2D eigenvalue weighted by Gasteiger charge is -1.92. The third-order valence-corrected chi connectivity index (χ3v) is 0.436. The van der Waals surface area contributed by atoms with E-state index in [1.165, 1.54) is 0 Å². The average Bonchev–Trinajstić information content (AvgIpc) is 2.14. The van der Waals surface area contributed by atoms with Gasteiger partial charge in [-0.1, -0.05) is 0 Å². The third kappa shape index (κ3) is 140. The first-order chi connectivity index (χ1) is 6.92. The van der Waals surface area contributed by atoms with E-state index in [2.05, 4.69) is 21.9 Å². The van der Waals surface area contributed by atoms with E-state index in [1.54, 1.807) is 0 Å². The Kier molecular flexibility index (Phi) is 34.8. The normalized spacial score (nSPS) is 6.94. The van der Waals surface area contributed by atoms with Crippen LogP contribution in [-0.4, -0.2) is 53.9 Å². The minimum absolute atomic E-state index is 0. The van der Waals surface area contributed by atoms with Gasteiger partial charge in [-0.15, -0.1) is 0 Å². The highest BCUT2D eigenvalue weighted by atomic mass is 16.6. The number of aliphatic hydroxyl groups is 3. The van der Waals surface area contributed by atoms with Crippen LogP contribution < -0.4 is 23.4 Å². The Hall–Kier alpha value is -1.62. The van der Waals surface area contributed by atoms with Gasteiger partial charge in [-0.25, -0.2) is 9.59 Å². The molecule has 0 aliphatic rings. The van der Waals surface area contributed by atoms with Gasteiger partial charge in [-0.2, -0.15) is 0 Å². The molecule has 12 N–H and O–H groups in total. The predicted octanol–water partition coefficient (Wildman–Crippen LogP) is -2.77. The molecule has 0 aliphatic heterocycles. The van der Waals surface area contributed by atoms with E-state index in [-0.39, 0.29) is 32.6 Å². The molecule has 0 bridgehead atoms. The summed E-state index contributed by atoms with van der Waals surface area (Å²) in [5, 5.41) is 23.2. The summed E-state index contributed by atoms with van der Waals surface area (Å²) < 4.78 is 4.08. The Bertz CT molecular complexity index is 150. The van der Waals surface area contributed by atoms with Crippen LogP contribution in [0.4, 0.5) is 9.59 Å². The fraction of sp³-hybridized carbons (Fsp3) is 0.667. The topological polar surface area (TPSA) is 217 Å². The quantitative estimate of drug-likeness (QED) is 0.276. The van der Waals surface area contributed by atoms with Crippen LogP contribution in [0.25, 0.3) is 0 Å². The van der Waals surface area contributed by atoms with Gasteiger partial charge in [0.1, 0.15) is 6.61 Å². The number of carbonyl (C=O) groups excluding carboxylic acids is 2. The summed E-state index contributed by atoms with van der Waals surface area (Å²) in [4.78, 5) is 18.6. The number of hydrogen-bond donors (Lipinski definition) is 7. The standard InChI is InChI=1S/C3H7NO3.C2H6O2.CH4N2O.H3N/c4-3(6)7-2-1-5;3-1-2-4;2-1(3)4;/h5H,1-2H2,(H2,4,6);3-4H,1-2H2;(H4,2,3,4);1H3. The number of ether oxygens (including phenoxy) is 1. The zero-order valence-corrected chi connectivity index (χ0v) is 8.83. The second-order valence-electron chi connectivity index (χ2n) is 1.74. The van der Waals surface area contributed by atoms with E-state index in [1.807, 2.05) is 0 Å². The molecule has 100 valence electrons. The van der Waals surface area contributed by atoms with Crippen molar-refractivity contribution in [2.45, 2.75) is 0 Å². The number of primary amides is 3. The van der Waals surface area contributed by atoms with Crippen LogP contribution in [0.3, 0.4) is 0 Å². The molecule has 0 rings (SSSR count). The number of urea groups is 1. The van der Waals surface area contributed by atoms with Crippen LogP contribution in [0.2, 0.25) is 0 Å². The SMILES string of the molecule is N.NC(=O)OCCO.NC(N)=O.OCCO. The van der Waals surface area contributed by atoms with Crippen molar-refractivity contribution >= 4 is 12.1 Å². The maximum absolute atomic E-state index is 9.65. The van der Waals surface area contributed by atoms with Crippen molar-refractivity contribution in [1.82, 2.24) is 6.15 Å². The fourth-order valence-corrected chi connectivity index (χ4v) is 0.146. The second kappa shape index (κ2) is 23.3. The zero-order valence-electron chi connectivity index (χ0n) is 8.83. The van der Waals surface area contributed by atoms with Crippen molar-refractivity contribution in [1.29, 1.82) is 0 Å². The van der Waals surface area contributed by atoms with Crippen molar-refractivity contribution in [3.8, 4) is 0 Å². The van der Waals surface area contributed by atoms with Gasteiger partial charge in [-0.05, 0) is 0 Å². The number of nitrogens with two attached hydrogens (primary N) is 3. The molecule has 0 radical (unpaired) electrons. The summed E-state index contributed by atoms with van der Waals surface area (Å²) in [6.07, 6.45) is -0.853. The van der Waals surface area contributed by atoms with Gasteiger partial charge in [0.25, 0.3) is 0 Å². The highest BCUT2D eigenvalue weighted by Gasteiger charge is 1.87. The summed E-state index contributed by atoms with van der Waals surface area (Å²) in [5.74, 6) is 0. The summed E-state index contributed by atoms with van der Waals surface area (Å²) >= 11 is 0. The fourth-order valence-electron chi connectivity index (χ4n) is 0.146.